The quantitative estimate of drug-likeness (QED) is 0.460. The zero-order chi connectivity index (χ0) is 23.2. The number of benzene rings is 2. The third kappa shape index (κ3) is 4.08. The molecular weight excluding hydrogens is 430 g/mol. The van der Waals surface area contributed by atoms with E-state index in [0.29, 0.717) is 40.3 Å². The van der Waals surface area contributed by atoms with E-state index in [1.165, 1.54) is 0 Å². The van der Waals surface area contributed by atoms with Crippen molar-refractivity contribution >= 4 is 11.3 Å². The average molecular weight is 458 g/mol. The Morgan fingerprint density at radius 1 is 1.16 bits per heavy atom. The van der Waals surface area contributed by atoms with Gasteiger partial charge < -0.3 is 24.8 Å². The first kappa shape index (κ1) is 22.2. The molecule has 1 aliphatic rings. The molecule has 2 atom stereocenters. The summed E-state index contributed by atoms with van der Waals surface area (Å²) in [6, 6.07) is 7.42. The summed E-state index contributed by atoms with van der Waals surface area (Å²) in [6.07, 6.45) is 0.0255. The maximum atomic E-state index is 11.3. The highest BCUT2D eigenvalue weighted by atomic mass is 32.1. The second-order valence-corrected chi connectivity index (χ2v) is 9.70. The number of aliphatic hydroxyl groups excluding tert-OH is 1. The molecule has 1 aromatic heterocycles. The number of hydrogen-bond donors (Lipinski definition) is 4. The maximum absolute atomic E-state index is 11.3. The lowest BCUT2D eigenvalue weighted by atomic mass is 9.85. The van der Waals surface area contributed by atoms with Crippen LogP contribution < -0.4 is 14.3 Å². The number of H-pyrrole nitrogens is 1. The van der Waals surface area contributed by atoms with Crippen LogP contribution in [-0.4, -0.2) is 32.5 Å². The van der Waals surface area contributed by atoms with Crippen LogP contribution in [0.1, 0.15) is 52.1 Å². The van der Waals surface area contributed by atoms with E-state index in [1.807, 2.05) is 45.0 Å². The molecule has 0 fully saturated rings. The Morgan fingerprint density at radius 3 is 2.47 bits per heavy atom. The summed E-state index contributed by atoms with van der Waals surface area (Å²) in [5, 5.41) is 30.9. The van der Waals surface area contributed by atoms with Crippen LogP contribution in [0.4, 0.5) is 0 Å². The predicted octanol–water partition coefficient (Wildman–Crippen LogP) is 4.02. The molecular formula is C24H27NO6S. The van der Waals surface area contributed by atoms with Crippen LogP contribution in [-0.2, 0) is 6.42 Å². The molecule has 4 N–H and O–H groups in total. The SMILES string of the molecule is Cc1c(C)c2c(c(C)c1O)C(O)CC(C)(COc1ccc(Cc3sc(=O)[nH]c3O)cc1)O2. The molecule has 7 nitrogen and oxygen atoms in total. The Labute approximate surface area is 189 Å². The first-order chi connectivity index (χ1) is 15.1. The van der Waals surface area contributed by atoms with Crippen molar-refractivity contribution in [3.63, 3.8) is 0 Å². The van der Waals surface area contributed by atoms with Crippen molar-refractivity contribution in [2.75, 3.05) is 6.61 Å². The summed E-state index contributed by atoms with van der Waals surface area (Å²) in [6.45, 7) is 7.65. The number of ether oxygens (including phenoxy) is 2. The number of fused-ring (bicyclic) bond motifs is 1. The van der Waals surface area contributed by atoms with Crippen LogP contribution in [0.5, 0.6) is 23.1 Å². The molecule has 0 aliphatic carbocycles. The number of hydrogen-bond acceptors (Lipinski definition) is 7. The van der Waals surface area contributed by atoms with E-state index in [9.17, 15) is 20.1 Å². The van der Waals surface area contributed by atoms with Crippen molar-refractivity contribution < 1.29 is 24.8 Å². The molecule has 170 valence electrons. The Kier molecular flexibility index (Phi) is 5.68. The van der Waals surface area contributed by atoms with Crippen LogP contribution in [0, 0.1) is 20.8 Å². The predicted molar refractivity (Wildman–Crippen MR) is 122 cm³/mol. The van der Waals surface area contributed by atoms with Crippen molar-refractivity contribution in [2.24, 2.45) is 0 Å². The van der Waals surface area contributed by atoms with Gasteiger partial charge in [0.05, 0.1) is 11.0 Å². The summed E-state index contributed by atoms with van der Waals surface area (Å²) in [5.74, 6) is 1.38. The van der Waals surface area contributed by atoms with Gasteiger partial charge in [-0.15, -0.1) is 0 Å². The number of phenols is 1. The van der Waals surface area contributed by atoms with E-state index in [0.717, 1.165) is 28.0 Å². The second kappa shape index (κ2) is 8.18. The topological polar surface area (TPSA) is 112 Å². The molecule has 1 aliphatic heterocycles. The Balaban J connectivity index is 1.47. The third-order valence-corrected chi connectivity index (χ3v) is 6.97. The van der Waals surface area contributed by atoms with Gasteiger partial charge in [0.1, 0.15) is 29.5 Å². The van der Waals surface area contributed by atoms with Gasteiger partial charge in [-0.3, -0.25) is 9.78 Å². The van der Waals surface area contributed by atoms with Gasteiger partial charge in [0.15, 0.2) is 0 Å². The Morgan fingerprint density at radius 2 is 1.84 bits per heavy atom. The fraction of sp³-hybridized carbons (Fsp3) is 0.375. The monoisotopic (exact) mass is 457 g/mol. The molecule has 0 amide bonds. The number of aromatic hydroxyl groups is 2. The van der Waals surface area contributed by atoms with Crippen LogP contribution in [0.15, 0.2) is 29.1 Å². The molecule has 0 spiro atoms. The number of nitrogens with one attached hydrogen (secondary N) is 1. The molecule has 0 radical (unpaired) electrons. The highest BCUT2D eigenvalue weighted by Crippen LogP contribution is 2.47. The number of thiazole rings is 1. The van der Waals surface area contributed by atoms with Crippen LogP contribution in [0.25, 0.3) is 0 Å². The van der Waals surface area contributed by atoms with Crippen molar-refractivity contribution in [1.29, 1.82) is 0 Å². The molecule has 4 rings (SSSR count). The lowest BCUT2D eigenvalue weighted by Gasteiger charge is -2.39. The van der Waals surface area contributed by atoms with Gasteiger partial charge in [0.2, 0.25) is 5.88 Å². The van der Waals surface area contributed by atoms with Gasteiger partial charge >= 0.3 is 4.87 Å². The molecule has 3 aromatic rings. The molecule has 0 saturated heterocycles. The molecule has 32 heavy (non-hydrogen) atoms. The van der Waals surface area contributed by atoms with Crippen molar-refractivity contribution in [2.45, 2.75) is 52.2 Å². The van der Waals surface area contributed by atoms with Gasteiger partial charge in [0.25, 0.3) is 0 Å². The van der Waals surface area contributed by atoms with Crippen LogP contribution >= 0.6 is 11.3 Å². The zero-order valence-electron chi connectivity index (χ0n) is 18.5. The van der Waals surface area contributed by atoms with Crippen molar-refractivity contribution in [3.8, 4) is 23.1 Å². The second-order valence-electron chi connectivity index (χ2n) is 8.63. The number of aromatic amines is 1. The molecule has 2 unspecified atom stereocenters. The first-order valence-corrected chi connectivity index (χ1v) is 11.2. The molecule has 0 saturated carbocycles. The summed E-state index contributed by atoms with van der Waals surface area (Å²) in [7, 11) is 0. The normalized spacial score (nSPS) is 20.0. The fourth-order valence-electron chi connectivity index (χ4n) is 4.15. The first-order valence-electron chi connectivity index (χ1n) is 10.4. The summed E-state index contributed by atoms with van der Waals surface area (Å²) < 4.78 is 12.3. The Bertz CT molecular complexity index is 1210. The largest absolute Gasteiger partial charge is 0.507 e. The molecule has 2 aromatic carbocycles. The number of phenolic OH excluding ortho intramolecular Hbond substituents is 1. The van der Waals surface area contributed by atoms with E-state index in [4.69, 9.17) is 9.47 Å². The fourth-order valence-corrected chi connectivity index (χ4v) is 4.90. The lowest BCUT2D eigenvalue weighted by Crippen LogP contribution is -2.44. The highest BCUT2D eigenvalue weighted by Gasteiger charge is 2.40. The van der Waals surface area contributed by atoms with E-state index in [-0.39, 0.29) is 23.1 Å². The van der Waals surface area contributed by atoms with Gasteiger partial charge in [0, 0.05) is 24.0 Å². The lowest BCUT2D eigenvalue weighted by molar-refractivity contribution is -0.0311. The summed E-state index contributed by atoms with van der Waals surface area (Å²) >= 11 is 0.992. The van der Waals surface area contributed by atoms with Crippen molar-refractivity contribution in [3.05, 3.63) is 66.6 Å². The van der Waals surface area contributed by atoms with Gasteiger partial charge in [-0.25, -0.2) is 0 Å². The van der Waals surface area contributed by atoms with Crippen LogP contribution in [0.3, 0.4) is 0 Å². The van der Waals surface area contributed by atoms with E-state index in [2.05, 4.69) is 4.98 Å². The van der Waals surface area contributed by atoms with Gasteiger partial charge in [-0.2, -0.15) is 0 Å². The molecule has 8 heteroatoms. The van der Waals surface area contributed by atoms with Gasteiger partial charge in [-0.1, -0.05) is 23.5 Å². The van der Waals surface area contributed by atoms with E-state index in [1.54, 1.807) is 6.92 Å². The molecule has 0 bridgehead atoms. The van der Waals surface area contributed by atoms with Crippen molar-refractivity contribution in [1.82, 2.24) is 4.98 Å². The minimum Gasteiger partial charge on any atom is -0.507 e. The zero-order valence-corrected chi connectivity index (χ0v) is 19.3. The standard InChI is InChI=1S/C24H27NO6S/c1-12-13(2)21-19(14(3)20(12)27)17(26)10-24(4,31-21)11-30-16-7-5-15(6-8-16)9-18-22(28)25-23(29)32-18/h5-8,17,26-28H,9-11H2,1-4H3,(H,25,29). The number of aromatic nitrogens is 1. The summed E-state index contributed by atoms with van der Waals surface area (Å²) in [4.78, 5) is 14.0. The summed E-state index contributed by atoms with van der Waals surface area (Å²) in [5.41, 5.74) is 3.04. The highest BCUT2D eigenvalue weighted by molar-refractivity contribution is 7.09. The number of rotatable bonds is 5. The average Bonchev–Trinajstić information content (AvgIpc) is 3.06. The Hall–Kier alpha value is -2.97. The van der Waals surface area contributed by atoms with Gasteiger partial charge in [-0.05, 0) is 56.5 Å². The van der Waals surface area contributed by atoms with E-state index < -0.39 is 11.7 Å². The maximum Gasteiger partial charge on any atom is 0.307 e. The third-order valence-electron chi connectivity index (χ3n) is 6.10. The molecule has 2 heterocycles. The minimum absolute atomic E-state index is 0.0874. The van der Waals surface area contributed by atoms with Crippen LogP contribution in [0.2, 0.25) is 0 Å². The number of aliphatic hydroxyl groups is 1. The smallest absolute Gasteiger partial charge is 0.307 e. The minimum atomic E-state index is -0.763. The van der Waals surface area contributed by atoms with E-state index >= 15 is 0 Å².